The van der Waals surface area contributed by atoms with Crippen molar-refractivity contribution in [3.05, 3.63) is 0 Å². The van der Waals surface area contributed by atoms with Gasteiger partial charge in [-0.05, 0) is 13.8 Å². The van der Waals surface area contributed by atoms with Crippen molar-refractivity contribution >= 4 is 11.8 Å². The average molecular weight is 186 g/mol. The molecule has 0 aromatic heterocycles. The zero-order valence-electron chi connectivity index (χ0n) is 7.83. The molecule has 1 saturated heterocycles. The van der Waals surface area contributed by atoms with Crippen LogP contribution in [0.25, 0.3) is 0 Å². The molecule has 0 aliphatic carbocycles. The quantitative estimate of drug-likeness (QED) is 0.535. The van der Waals surface area contributed by atoms with Gasteiger partial charge in [0.25, 0.3) is 5.91 Å². The Balaban J connectivity index is 2.62. The van der Waals surface area contributed by atoms with Gasteiger partial charge >= 0.3 is 0 Å². The van der Waals surface area contributed by atoms with E-state index in [0.29, 0.717) is 13.1 Å². The van der Waals surface area contributed by atoms with E-state index < -0.39 is 11.5 Å². The van der Waals surface area contributed by atoms with E-state index in [1.807, 2.05) is 0 Å². The van der Waals surface area contributed by atoms with Gasteiger partial charge in [-0.2, -0.15) is 0 Å². The molecule has 0 aromatic carbocycles. The van der Waals surface area contributed by atoms with Crippen LogP contribution in [0.1, 0.15) is 13.8 Å². The highest BCUT2D eigenvalue weighted by molar-refractivity contribution is 5.89. The van der Waals surface area contributed by atoms with E-state index in [1.54, 1.807) is 0 Å². The fraction of sp³-hybridized carbons (Fsp3) is 0.750. The Morgan fingerprint density at radius 1 is 1.62 bits per heavy atom. The van der Waals surface area contributed by atoms with E-state index in [9.17, 15) is 14.7 Å². The van der Waals surface area contributed by atoms with Crippen LogP contribution in [0.4, 0.5) is 0 Å². The molecule has 2 N–H and O–H groups in total. The molecule has 0 aromatic rings. The number of aliphatic hydroxyl groups is 1. The summed E-state index contributed by atoms with van der Waals surface area (Å²) in [5.41, 5.74) is -1.39. The van der Waals surface area contributed by atoms with Gasteiger partial charge in [0.15, 0.2) is 0 Å². The average Bonchev–Trinajstić information content (AvgIpc) is 2.01. The number of hydrogen-bond donors (Lipinski definition) is 2. The number of hydrogen-bond acceptors (Lipinski definition) is 3. The van der Waals surface area contributed by atoms with E-state index in [1.165, 1.54) is 18.7 Å². The van der Waals surface area contributed by atoms with Crippen LogP contribution in [0.2, 0.25) is 0 Å². The van der Waals surface area contributed by atoms with Crippen LogP contribution < -0.4 is 5.32 Å². The number of rotatable bonds is 1. The molecule has 0 atom stereocenters. The van der Waals surface area contributed by atoms with E-state index in [-0.39, 0.29) is 12.5 Å². The molecule has 0 saturated carbocycles. The maximum Gasteiger partial charge on any atom is 0.254 e. The second-order valence-corrected chi connectivity index (χ2v) is 3.64. The lowest BCUT2D eigenvalue weighted by Crippen LogP contribution is -2.55. The summed E-state index contributed by atoms with van der Waals surface area (Å²) in [6, 6.07) is 0. The second kappa shape index (κ2) is 3.33. The van der Waals surface area contributed by atoms with Gasteiger partial charge in [0.05, 0.1) is 6.54 Å². The fourth-order valence-corrected chi connectivity index (χ4v) is 1.20. The van der Waals surface area contributed by atoms with Crippen molar-refractivity contribution in [1.82, 2.24) is 10.2 Å². The molecule has 0 unspecified atom stereocenters. The Labute approximate surface area is 76.7 Å². The van der Waals surface area contributed by atoms with E-state index in [4.69, 9.17) is 0 Å². The lowest BCUT2D eigenvalue weighted by Gasteiger charge is -2.31. The molecule has 1 fully saturated rings. The normalized spacial score (nSPS) is 18.4. The third-order valence-corrected chi connectivity index (χ3v) is 1.85. The number of carbonyl (C=O) groups excluding carboxylic acids is 2. The largest absolute Gasteiger partial charge is 0.381 e. The molecule has 2 amide bonds. The summed E-state index contributed by atoms with van der Waals surface area (Å²) in [5.74, 6) is -0.578. The first kappa shape index (κ1) is 9.98. The SMILES string of the molecule is CC(C)(O)C(=O)N1CCNC(=O)C1. The van der Waals surface area contributed by atoms with Crippen LogP contribution in [0, 0.1) is 0 Å². The first-order valence-corrected chi connectivity index (χ1v) is 4.20. The number of amides is 2. The highest BCUT2D eigenvalue weighted by Crippen LogP contribution is 2.07. The second-order valence-electron chi connectivity index (χ2n) is 3.64. The smallest absolute Gasteiger partial charge is 0.254 e. The number of nitrogens with one attached hydrogen (secondary N) is 1. The molecule has 1 heterocycles. The molecule has 0 spiro atoms. The first-order chi connectivity index (χ1) is 5.91. The third-order valence-electron chi connectivity index (χ3n) is 1.85. The van der Waals surface area contributed by atoms with Crippen LogP contribution in [0.15, 0.2) is 0 Å². The lowest BCUT2D eigenvalue weighted by molar-refractivity contribution is -0.151. The zero-order chi connectivity index (χ0) is 10.1. The number of piperazine rings is 1. The van der Waals surface area contributed by atoms with Crippen molar-refractivity contribution in [2.45, 2.75) is 19.4 Å². The van der Waals surface area contributed by atoms with Crippen molar-refractivity contribution in [3.8, 4) is 0 Å². The van der Waals surface area contributed by atoms with Crippen molar-refractivity contribution < 1.29 is 14.7 Å². The Hall–Kier alpha value is -1.10. The van der Waals surface area contributed by atoms with Gasteiger partial charge in [-0.25, -0.2) is 0 Å². The molecule has 0 bridgehead atoms. The van der Waals surface area contributed by atoms with E-state index in [2.05, 4.69) is 5.32 Å². The zero-order valence-corrected chi connectivity index (χ0v) is 7.83. The summed E-state index contributed by atoms with van der Waals surface area (Å²) in [6.07, 6.45) is 0. The summed E-state index contributed by atoms with van der Waals surface area (Å²) < 4.78 is 0. The molecule has 1 aliphatic heterocycles. The highest BCUT2D eigenvalue weighted by atomic mass is 16.3. The van der Waals surface area contributed by atoms with E-state index >= 15 is 0 Å². The Bertz CT molecular complexity index is 232. The molecule has 5 heteroatoms. The molecule has 13 heavy (non-hydrogen) atoms. The van der Waals surface area contributed by atoms with Gasteiger partial charge in [0.2, 0.25) is 5.91 Å². The molecule has 1 rings (SSSR count). The monoisotopic (exact) mass is 186 g/mol. The Morgan fingerprint density at radius 3 is 2.69 bits per heavy atom. The summed E-state index contributed by atoms with van der Waals surface area (Å²) in [7, 11) is 0. The molecule has 0 radical (unpaired) electrons. The highest BCUT2D eigenvalue weighted by Gasteiger charge is 2.31. The van der Waals surface area contributed by atoms with Crippen LogP contribution in [-0.4, -0.2) is 47.1 Å². The standard InChI is InChI=1S/C8H14N2O3/c1-8(2,13)7(12)10-4-3-9-6(11)5-10/h13H,3-5H2,1-2H3,(H,9,11). The maximum absolute atomic E-state index is 11.5. The van der Waals surface area contributed by atoms with Crippen molar-refractivity contribution in [3.63, 3.8) is 0 Å². The molecule has 1 aliphatic rings. The van der Waals surface area contributed by atoms with Gasteiger partial charge in [-0.1, -0.05) is 0 Å². The third kappa shape index (κ3) is 2.42. The summed E-state index contributed by atoms with van der Waals surface area (Å²) in [6.45, 7) is 3.81. The predicted molar refractivity (Wildman–Crippen MR) is 45.9 cm³/mol. The lowest BCUT2D eigenvalue weighted by atomic mass is 10.1. The topological polar surface area (TPSA) is 69.6 Å². The molecular formula is C8H14N2O3. The van der Waals surface area contributed by atoms with Crippen LogP contribution in [0.3, 0.4) is 0 Å². The van der Waals surface area contributed by atoms with Gasteiger partial charge < -0.3 is 15.3 Å². The van der Waals surface area contributed by atoms with Gasteiger partial charge in [0, 0.05) is 13.1 Å². The molecule has 5 nitrogen and oxygen atoms in total. The number of nitrogens with zero attached hydrogens (tertiary/aromatic N) is 1. The summed E-state index contributed by atoms with van der Waals surface area (Å²) in [5, 5.41) is 12.0. The van der Waals surface area contributed by atoms with Gasteiger partial charge in [0.1, 0.15) is 5.60 Å². The van der Waals surface area contributed by atoms with Crippen LogP contribution >= 0.6 is 0 Å². The van der Waals surface area contributed by atoms with Gasteiger partial charge in [-0.15, -0.1) is 0 Å². The minimum absolute atomic E-state index is 0.0445. The first-order valence-electron chi connectivity index (χ1n) is 4.20. The van der Waals surface area contributed by atoms with Gasteiger partial charge in [-0.3, -0.25) is 9.59 Å². The fourth-order valence-electron chi connectivity index (χ4n) is 1.20. The summed E-state index contributed by atoms with van der Waals surface area (Å²) in [4.78, 5) is 23.7. The Morgan fingerprint density at radius 2 is 2.23 bits per heavy atom. The van der Waals surface area contributed by atoms with E-state index in [0.717, 1.165) is 0 Å². The van der Waals surface area contributed by atoms with Crippen LogP contribution in [0.5, 0.6) is 0 Å². The minimum atomic E-state index is -1.39. The minimum Gasteiger partial charge on any atom is -0.381 e. The molecule has 74 valence electrons. The van der Waals surface area contributed by atoms with Crippen molar-refractivity contribution in [2.24, 2.45) is 0 Å². The number of carbonyl (C=O) groups is 2. The maximum atomic E-state index is 11.5. The van der Waals surface area contributed by atoms with Crippen molar-refractivity contribution in [1.29, 1.82) is 0 Å². The predicted octanol–water partition coefficient (Wildman–Crippen LogP) is -1.28. The molecular weight excluding hydrogens is 172 g/mol. The summed E-state index contributed by atoms with van der Waals surface area (Å²) >= 11 is 0. The van der Waals surface area contributed by atoms with Crippen LogP contribution in [-0.2, 0) is 9.59 Å². The van der Waals surface area contributed by atoms with Crippen molar-refractivity contribution in [2.75, 3.05) is 19.6 Å². The Kier molecular flexibility index (Phi) is 2.56.